The number of rotatable bonds is 4. The molecular formula is C14H31N3. The Labute approximate surface area is 107 Å². The van der Waals surface area contributed by atoms with E-state index in [0.29, 0.717) is 17.5 Å². The first-order valence-electron chi connectivity index (χ1n) is 6.96. The summed E-state index contributed by atoms with van der Waals surface area (Å²) in [6, 6.07) is 1.03. The number of hydrogen-bond donors (Lipinski definition) is 1. The second-order valence-electron chi connectivity index (χ2n) is 6.96. The zero-order valence-electron chi connectivity index (χ0n) is 12.4. The molecule has 102 valence electrons. The van der Waals surface area contributed by atoms with Gasteiger partial charge in [-0.15, -0.1) is 0 Å². The van der Waals surface area contributed by atoms with Gasteiger partial charge < -0.3 is 10.6 Å². The highest BCUT2D eigenvalue weighted by molar-refractivity contribution is 4.79. The van der Waals surface area contributed by atoms with Crippen molar-refractivity contribution in [1.82, 2.24) is 9.80 Å². The van der Waals surface area contributed by atoms with E-state index in [0.717, 1.165) is 19.4 Å². The van der Waals surface area contributed by atoms with Crippen molar-refractivity contribution < 1.29 is 0 Å². The van der Waals surface area contributed by atoms with E-state index in [1.807, 2.05) is 0 Å². The first-order valence-corrected chi connectivity index (χ1v) is 6.96. The molecule has 0 bridgehead atoms. The summed E-state index contributed by atoms with van der Waals surface area (Å²) >= 11 is 0. The van der Waals surface area contributed by atoms with Gasteiger partial charge in [-0.2, -0.15) is 0 Å². The van der Waals surface area contributed by atoms with Gasteiger partial charge in [-0.05, 0) is 38.8 Å². The molecule has 2 atom stereocenters. The quantitative estimate of drug-likeness (QED) is 0.814. The molecule has 2 unspecified atom stereocenters. The number of nitrogens with zero attached hydrogens (tertiary/aromatic N) is 2. The molecule has 3 nitrogen and oxygen atoms in total. The van der Waals surface area contributed by atoms with Crippen molar-refractivity contribution in [2.75, 3.05) is 33.2 Å². The Morgan fingerprint density at radius 2 is 1.94 bits per heavy atom. The highest BCUT2D eigenvalue weighted by Crippen LogP contribution is 2.21. The number of nitrogens with two attached hydrogens (primary N) is 1. The van der Waals surface area contributed by atoms with E-state index in [-0.39, 0.29) is 0 Å². The summed E-state index contributed by atoms with van der Waals surface area (Å²) in [7, 11) is 2.21. The van der Waals surface area contributed by atoms with Crippen LogP contribution in [0.15, 0.2) is 0 Å². The summed E-state index contributed by atoms with van der Waals surface area (Å²) in [5, 5.41) is 0. The van der Waals surface area contributed by atoms with E-state index >= 15 is 0 Å². The molecule has 17 heavy (non-hydrogen) atoms. The molecule has 1 aliphatic rings. The topological polar surface area (TPSA) is 32.5 Å². The average molecular weight is 241 g/mol. The van der Waals surface area contributed by atoms with Gasteiger partial charge in [-0.3, -0.25) is 4.90 Å². The van der Waals surface area contributed by atoms with E-state index in [9.17, 15) is 0 Å². The van der Waals surface area contributed by atoms with Crippen molar-refractivity contribution in [1.29, 1.82) is 0 Å². The smallest absolute Gasteiger partial charge is 0.0195 e. The van der Waals surface area contributed by atoms with Gasteiger partial charge in [0, 0.05) is 31.7 Å². The minimum absolute atomic E-state index is 0.349. The molecule has 0 aliphatic carbocycles. The highest BCUT2D eigenvalue weighted by Gasteiger charge is 2.22. The lowest BCUT2D eigenvalue weighted by Crippen LogP contribution is -2.51. The maximum atomic E-state index is 6.21. The van der Waals surface area contributed by atoms with Gasteiger partial charge in [0.25, 0.3) is 0 Å². The molecule has 0 aromatic carbocycles. The van der Waals surface area contributed by atoms with Gasteiger partial charge in [0.05, 0.1) is 0 Å². The van der Waals surface area contributed by atoms with Crippen LogP contribution < -0.4 is 5.73 Å². The predicted molar refractivity (Wildman–Crippen MR) is 75.2 cm³/mol. The minimum Gasteiger partial charge on any atom is -0.328 e. The summed E-state index contributed by atoms with van der Waals surface area (Å²) in [5.41, 5.74) is 6.57. The van der Waals surface area contributed by atoms with Crippen LogP contribution >= 0.6 is 0 Å². The molecule has 0 aromatic rings. The van der Waals surface area contributed by atoms with Gasteiger partial charge in [-0.25, -0.2) is 0 Å². The second kappa shape index (κ2) is 6.17. The standard InChI is InChI=1S/C14H31N3/c1-12-11-16(5)8-9-17(12)7-6-13(15)10-14(2,3)4/h12-13H,6-11,15H2,1-5H3. The Balaban J connectivity index is 2.26. The van der Waals surface area contributed by atoms with Crippen LogP contribution in [-0.4, -0.2) is 55.1 Å². The second-order valence-corrected chi connectivity index (χ2v) is 6.96. The molecule has 1 fully saturated rings. The number of piperazine rings is 1. The summed E-state index contributed by atoms with van der Waals surface area (Å²) in [6.07, 6.45) is 2.25. The van der Waals surface area contributed by atoms with Crippen LogP contribution in [0.5, 0.6) is 0 Å². The summed E-state index contributed by atoms with van der Waals surface area (Å²) in [4.78, 5) is 5.00. The van der Waals surface area contributed by atoms with Crippen molar-refractivity contribution in [2.24, 2.45) is 11.1 Å². The predicted octanol–water partition coefficient (Wildman–Crippen LogP) is 1.78. The molecule has 0 amide bonds. The van der Waals surface area contributed by atoms with Gasteiger partial charge in [0.1, 0.15) is 0 Å². The first-order chi connectivity index (χ1) is 7.78. The Morgan fingerprint density at radius 1 is 1.29 bits per heavy atom. The van der Waals surface area contributed by atoms with Gasteiger partial charge in [0.15, 0.2) is 0 Å². The van der Waals surface area contributed by atoms with Crippen LogP contribution in [-0.2, 0) is 0 Å². The van der Waals surface area contributed by atoms with Gasteiger partial charge >= 0.3 is 0 Å². The van der Waals surface area contributed by atoms with Crippen molar-refractivity contribution in [3.8, 4) is 0 Å². The normalized spacial score (nSPS) is 26.1. The minimum atomic E-state index is 0.349. The Morgan fingerprint density at radius 3 is 2.47 bits per heavy atom. The molecule has 1 heterocycles. The molecule has 1 aliphatic heterocycles. The van der Waals surface area contributed by atoms with E-state index < -0.39 is 0 Å². The van der Waals surface area contributed by atoms with Crippen molar-refractivity contribution >= 4 is 0 Å². The zero-order chi connectivity index (χ0) is 13.1. The largest absolute Gasteiger partial charge is 0.328 e. The summed E-state index contributed by atoms with van der Waals surface area (Å²) in [5.74, 6) is 0. The Bertz CT molecular complexity index is 222. The lowest BCUT2D eigenvalue weighted by molar-refractivity contribution is 0.0958. The zero-order valence-corrected chi connectivity index (χ0v) is 12.4. The molecular weight excluding hydrogens is 210 g/mol. The molecule has 0 spiro atoms. The molecule has 0 aromatic heterocycles. The Hall–Kier alpha value is -0.120. The van der Waals surface area contributed by atoms with Crippen molar-refractivity contribution in [3.05, 3.63) is 0 Å². The molecule has 0 radical (unpaired) electrons. The van der Waals surface area contributed by atoms with E-state index in [2.05, 4.69) is 44.5 Å². The van der Waals surface area contributed by atoms with E-state index in [1.54, 1.807) is 0 Å². The fourth-order valence-electron chi connectivity index (χ4n) is 2.73. The highest BCUT2D eigenvalue weighted by atomic mass is 15.3. The van der Waals surface area contributed by atoms with Crippen LogP contribution in [0.1, 0.15) is 40.5 Å². The number of likely N-dealkylation sites (N-methyl/N-ethyl adjacent to an activating group) is 1. The maximum absolute atomic E-state index is 6.21. The fraction of sp³-hybridized carbons (Fsp3) is 1.00. The molecule has 0 saturated carbocycles. The third kappa shape index (κ3) is 5.84. The molecule has 1 rings (SSSR count). The molecule has 1 saturated heterocycles. The average Bonchev–Trinajstić information content (AvgIpc) is 2.13. The van der Waals surface area contributed by atoms with Gasteiger partial charge in [-0.1, -0.05) is 20.8 Å². The van der Waals surface area contributed by atoms with Crippen LogP contribution in [0, 0.1) is 5.41 Å². The monoisotopic (exact) mass is 241 g/mol. The van der Waals surface area contributed by atoms with Crippen LogP contribution in [0.2, 0.25) is 0 Å². The first kappa shape index (κ1) is 14.9. The van der Waals surface area contributed by atoms with E-state index in [1.165, 1.54) is 19.6 Å². The Kier molecular flexibility index (Phi) is 5.42. The third-order valence-electron chi connectivity index (χ3n) is 3.63. The fourth-order valence-corrected chi connectivity index (χ4v) is 2.73. The third-order valence-corrected chi connectivity index (χ3v) is 3.63. The van der Waals surface area contributed by atoms with E-state index in [4.69, 9.17) is 5.73 Å². The lowest BCUT2D eigenvalue weighted by atomic mass is 9.87. The SMILES string of the molecule is CC1CN(C)CCN1CCC(N)CC(C)(C)C. The van der Waals surface area contributed by atoms with Crippen LogP contribution in [0.4, 0.5) is 0 Å². The lowest BCUT2D eigenvalue weighted by Gasteiger charge is -2.38. The number of hydrogen-bond acceptors (Lipinski definition) is 3. The molecule has 2 N–H and O–H groups in total. The maximum Gasteiger partial charge on any atom is 0.0195 e. The van der Waals surface area contributed by atoms with Crippen molar-refractivity contribution in [2.45, 2.75) is 52.6 Å². The van der Waals surface area contributed by atoms with Gasteiger partial charge in [0.2, 0.25) is 0 Å². The molecule has 3 heteroatoms. The van der Waals surface area contributed by atoms with Crippen LogP contribution in [0.3, 0.4) is 0 Å². The summed E-state index contributed by atoms with van der Waals surface area (Å²) < 4.78 is 0. The van der Waals surface area contributed by atoms with Crippen molar-refractivity contribution in [3.63, 3.8) is 0 Å². The summed E-state index contributed by atoms with van der Waals surface area (Å²) in [6.45, 7) is 13.9. The van der Waals surface area contributed by atoms with Crippen LogP contribution in [0.25, 0.3) is 0 Å².